The summed E-state index contributed by atoms with van der Waals surface area (Å²) in [6.07, 6.45) is 8.39. The van der Waals surface area contributed by atoms with Gasteiger partial charge in [0, 0.05) is 24.9 Å². The van der Waals surface area contributed by atoms with E-state index in [0.29, 0.717) is 41.0 Å². The number of hydrogen-bond donors (Lipinski definition) is 2. The van der Waals surface area contributed by atoms with Crippen molar-refractivity contribution in [2.75, 3.05) is 6.54 Å². The molecule has 0 aromatic heterocycles. The molecule has 2 spiro atoms. The summed E-state index contributed by atoms with van der Waals surface area (Å²) in [4.78, 5) is 14.3. The molecular formula is C32H53NO4. The van der Waals surface area contributed by atoms with Crippen molar-refractivity contribution >= 4 is 5.91 Å². The number of amides is 1. The third-order valence-electron chi connectivity index (χ3n) is 14.3. The van der Waals surface area contributed by atoms with Crippen LogP contribution in [-0.4, -0.2) is 58.0 Å². The second-order valence-corrected chi connectivity index (χ2v) is 15.9. The molecule has 5 saturated carbocycles. The fourth-order valence-electron chi connectivity index (χ4n) is 12.4. The zero-order valence-corrected chi connectivity index (χ0v) is 24.7. The highest BCUT2D eigenvalue weighted by atomic mass is 16.5. The summed E-state index contributed by atoms with van der Waals surface area (Å²) < 4.78 is 6.85. The van der Waals surface area contributed by atoms with Gasteiger partial charge >= 0.3 is 0 Å². The lowest BCUT2D eigenvalue weighted by Gasteiger charge is -2.63. The molecule has 5 aliphatic carbocycles. The fraction of sp³-hybridized carbons (Fsp3) is 0.969. The maximum Gasteiger partial charge on any atom is 0.219 e. The normalized spacial score (nSPS) is 55.4. The first-order chi connectivity index (χ1) is 17.2. The summed E-state index contributed by atoms with van der Waals surface area (Å²) in [7, 11) is 0. The Morgan fingerprint density at radius 3 is 2.30 bits per heavy atom. The van der Waals surface area contributed by atoms with E-state index in [1.807, 2.05) is 4.90 Å². The van der Waals surface area contributed by atoms with Crippen molar-refractivity contribution in [1.82, 2.24) is 4.90 Å². The molecule has 6 rings (SSSR count). The Kier molecular flexibility index (Phi) is 5.72. The zero-order valence-electron chi connectivity index (χ0n) is 24.7. The third kappa shape index (κ3) is 3.06. The van der Waals surface area contributed by atoms with E-state index < -0.39 is 6.10 Å². The van der Waals surface area contributed by atoms with Gasteiger partial charge in [0.15, 0.2) is 0 Å². The van der Waals surface area contributed by atoms with E-state index in [0.717, 1.165) is 12.8 Å². The van der Waals surface area contributed by atoms with Crippen LogP contribution in [0.1, 0.15) is 107 Å². The molecule has 0 bridgehead atoms. The van der Waals surface area contributed by atoms with Gasteiger partial charge in [-0.1, -0.05) is 34.6 Å². The average Bonchev–Trinajstić information content (AvgIpc) is 3.45. The summed E-state index contributed by atoms with van der Waals surface area (Å²) in [6, 6.07) is 0.152. The lowest BCUT2D eigenvalue weighted by atomic mass is 9.41. The van der Waals surface area contributed by atoms with Gasteiger partial charge in [0.05, 0.1) is 24.4 Å². The smallest absolute Gasteiger partial charge is 0.219 e. The molecule has 6 fully saturated rings. The van der Waals surface area contributed by atoms with Crippen LogP contribution in [0.25, 0.3) is 0 Å². The van der Waals surface area contributed by atoms with Crippen molar-refractivity contribution in [1.29, 1.82) is 0 Å². The van der Waals surface area contributed by atoms with Crippen LogP contribution in [0, 0.1) is 50.7 Å². The largest absolute Gasteiger partial charge is 0.393 e. The Labute approximate surface area is 225 Å². The van der Waals surface area contributed by atoms with Crippen molar-refractivity contribution < 1.29 is 19.7 Å². The first kappa shape index (κ1) is 26.6. The van der Waals surface area contributed by atoms with Gasteiger partial charge in [-0.15, -0.1) is 0 Å². The fourth-order valence-corrected chi connectivity index (χ4v) is 12.4. The minimum Gasteiger partial charge on any atom is -0.393 e. The predicted octanol–water partition coefficient (Wildman–Crippen LogP) is 5.42. The molecule has 210 valence electrons. The van der Waals surface area contributed by atoms with Crippen molar-refractivity contribution in [2.24, 2.45) is 50.7 Å². The van der Waals surface area contributed by atoms with Crippen LogP contribution in [0.3, 0.4) is 0 Å². The van der Waals surface area contributed by atoms with E-state index in [-0.39, 0.29) is 46.5 Å². The zero-order chi connectivity index (χ0) is 26.9. The molecule has 1 saturated heterocycles. The first-order valence-electron chi connectivity index (χ1n) is 15.5. The molecule has 1 aliphatic heterocycles. The number of ether oxygens (including phenoxy) is 1. The number of hydrogen-bond acceptors (Lipinski definition) is 4. The molecule has 0 radical (unpaired) electrons. The van der Waals surface area contributed by atoms with Crippen LogP contribution in [0.15, 0.2) is 0 Å². The molecule has 1 amide bonds. The number of carbonyl (C=O) groups is 1. The van der Waals surface area contributed by atoms with E-state index >= 15 is 0 Å². The summed E-state index contributed by atoms with van der Waals surface area (Å²) in [5.41, 5.74) is 0.597. The van der Waals surface area contributed by atoms with Crippen molar-refractivity contribution in [3.05, 3.63) is 0 Å². The topological polar surface area (TPSA) is 70.0 Å². The third-order valence-corrected chi connectivity index (χ3v) is 14.3. The number of aliphatic hydroxyl groups is 2. The van der Waals surface area contributed by atoms with Crippen LogP contribution < -0.4 is 0 Å². The highest BCUT2D eigenvalue weighted by molar-refractivity contribution is 5.73. The van der Waals surface area contributed by atoms with Crippen LogP contribution in [-0.2, 0) is 9.53 Å². The van der Waals surface area contributed by atoms with Gasteiger partial charge < -0.3 is 19.8 Å². The lowest BCUT2D eigenvalue weighted by molar-refractivity contribution is -0.182. The number of fused-ring (bicyclic) bond motifs is 4. The maximum atomic E-state index is 12.3. The molecular weight excluding hydrogens is 462 g/mol. The monoisotopic (exact) mass is 515 g/mol. The minimum atomic E-state index is -0.462. The number of nitrogens with zero attached hydrogens (tertiary/aromatic N) is 1. The van der Waals surface area contributed by atoms with Gasteiger partial charge in [0.25, 0.3) is 0 Å². The van der Waals surface area contributed by atoms with Crippen LogP contribution in [0.5, 0.6) is 0 Å². The van der Waals surface area contributed by atoms with Crippen LogP contribution in [0.4, 0.5) is 0 Å². The second kappa shape index (κ2) is 7.97. The van der Waals surface area contributed by atoms with Gasteiger partial charge in [0.1, 0.15) is 0 Å². The quantitative estimate of drug-likeness (QED) is 0.527. The maximum absolute atomic E-state index is 12.3. The second-order valence-electron chi connectivity index (χ2n) is 15.9. The van der Waals surface area contributed by atoms with Crippen molar-refractivity contribution in [3.8, 4) is 0 Å². The van der Waals surface area contributed by atoms with E-state index in [4.69, 9.17) is 4.74 Å². The molecule has 0 aromatic carbocycles. The Balaban J connectivity index is 1.32. The highest BCUT2D eigenvalue weighted by Crippen LogP contribution is 2.89. The van der Waals surface area contributed by atoms with Crippen LogP contribution >= 0.6 is 0 Å². The van der Waals surface area contributed by atoms with E-state index in [1.54, 1.807) is 6.92 Å². The summed E-state index contributed by atoms with van der Waals surface area (Å²) in [5.74, 6) is 2.06. The molecule has 37 heavy (non-hydrogen) atoms. The lowest BCUT2D eigenvalue weighted by Crippen LogP contribution is -2.59. The summed E-state index contributed by atoms with van der Waals surface area (Å²) >= 11 is 0. The molecule has 6 aliphatic rings. The molecule has 5 heteroatoms. The summed E-state index contributed by atoms with van der Waals surface area (Å²) in [6.45, 7) is 18.4. The van der Waals surface area contributed by atoms with Gasteiger partial charge in [-0.3, -0.25) is 4.79 Å². The van der Waals surface area contributed by atoms with Gasteiger partial charge in [0.2, 0.25) is 5.91 Å². The minimum absolute atomic E-state index is 0.0119. The van der Waals surface area contributed by atoms with Crippen molar-refractivity contribution in [3.63, 3.8) is 0 Å². The number of carbonyl (C=O) groups excluding carboxylic acids is 1. The molecule has 0 aromatic rings. The van der Waals surface area contributed by atoms with E-state index in [1.165, 1.54) is 38.5 Å². The summed E-state index contributed by atoms with van der Waals surface area (Å²) in [5, 5.41) is 23.2. The van der Waals surface area contributed by atoms with Crippen LogP contribution in [0.2, 0.25) is 0 Å². The Morgan fingerprint density at radius 1 is 1.00 bits per heavy atom. The van der Waals surface area contributed by atoms with Crippen molar-refractivity contribution in [2.45, 2.75) is 137 Å². The molecule has 12 atom stereocenters. The Bertz CT molecular complexity index is 964. The van der Waals surface area contributed by atoms with Gasteiger partial charge in [-0.2, -0.15) is 0 Å². The number of rotatable bonds is 3. The molecule has 2 N–H and O–H groups in total. The molecule has 5 nitrogen and oxygen atoms in total. The SMILES string of the molecule is CC(=O)N(CC1C[C@@H](C)[C@H]2C(O1)[C@H](O)[C@@]1(C)C3CC[C@H]4C(C)(C)[C@@H](O)CC[C@@]45C[C@@]35CC[C@]21C)C(C)C. The highest BCUT2D eigenvalue weighted by Gasteiger charge is 2.84. The van der Waals surface area contributed by atoms with Gasteiger partial charge in [-0.05, 0) is 111 Å². The Morgan fingerprint density at radius 2 is 1.65 bits per heavy atom. The predicted molar refractivity (Wildman–Crippen MR) is 145 cm³/mol. The number of aliphatic hydroxyl groups excluding tert-OH is 2. The first-order valence-corrected chi connectivity index (χ1v) is 15.5. The molecule has 1 heterocycles. The standard InChI is InChI=1S/C32H53NO4/c1-18(2)33(20(4)34)16-21-15-19(3)25-26(37-21)27(36)30(8)23-10-9-22-28(5,6)24(35)11-12-31(22)17-32(23,31)14-13-29(25,30)7/h18-19,21-27,35-36H,9-17H2,1-8H3/t19-,21?,22+,23?,24+,25+,26?,27+,29-,30-,31-,32+/m1/s1. The van der Waals surface area contributed by atoms with E-state index in [2.05, 4.69) is 48.5 Å². The van der Waals surface area contributed by atoms with E-state index in [9.17, 15) is 15.0 Å². The molecule has 3 unspecified atom stereocenters. The average molecular weight is 516 g/mol. The van der Waals surface area contributed by atoms with Gasteiger partial charge in [-0.25, -0.2) is 0 Å². The Hall–Kier alpha value is -0.650.